The lowest BCUT2D eigenvalue weighted by molar-refractivity contribution is -0.0583. The molecule has 206 valence electrons. The van der Waals surface area contributed by atoms with E-state index in [4.69, 9.17) is 4.74 Å². The predicted molar refractivity (Wildman–Crippen MR) is 150 cm³/mol. The van der Waals surface area contributed by atoms with Crippen molar-refractivity contribution in [2.24, 2.45) is 52.3 Å². The summed E-state index contributed by atoms with van der Waals surface area (Å²) >= 11 is 0. The van der Waals surface area contributed by atoms with Crippen molar-refractivity contribution < 1.29 is 9.53 Å². The number of aromatic nitrogens is 2. The Labute approximate surface area is 226 Å². The average molecular weight is 509 g/mol. The summed E-state index contributed by atoms with van der Waals surface area (Å²) in [5.41, 5.74) is 2.39. The van der Waals surface area contributed by atoms with Gasteiger partial charge in [0.25, 0.3) is 0 Å². The number of allylic oxidation sites excluding steroid dienone is 1. The van der Waals surface area contributed by atoms with Crippen LogP contribution in [-0.2, 0) is 4.74 Å². The van der Waals surface area contributed by atoms with Gasteiger partial charge in [0.1, 0.15) is 12.4 Å². The van der Waals surface area contributed by atoms with Crippen LogP contribution >= 0.6 is 0 Å². The Kier molecular flexibility index (Phi) is 7.69. The fourth-order valence-corrected chi connectivity index (χ4v) is 9.96. The summed E-state index contributed by atoms with van der Waals surface area (Å²) in [5.74, 6) is 5.98. The fraction of sp³-hybridized carbons (Fsp3) is 0.818. The molecular formula is C33H52N2O2. The molecule has 0 saturated heterocycles. The van der Waals surface area contributed by atoms with Crippen LogP contribution in [0.3, 0.4) is 0 Å². The molecule has 0 spiro atoms. The summed E-state index contributed by atoms with van der Waals surface area (Å²) in [7, 11) is 0. The van der Waals surface area contributed by atoms with Crippen molar-refractivity contribution in [2.75, 3.05) is 0 Å². The molecule has 0 radical (unpaired) electrons. The smallest absolute Gasteiger partial charge is 0.419 e. The SMILES string of the molecule is CC[C@H](CC[C@@H](C)[C@H]1CC[C@H]2[C@@H]3CC=C4C[C@@H](OC(=O)n5ccnc5)CC[C@]4(C)[C@H]3CC[C@]12C)C(C)C. The summed E-state index contributed by atoms with van der Waals surface area (Å²) in [6.45, 7) is 15.0. The third-order valence-corrected chi connectivity index (χ3v) is 12.3. The second kappa shape index (κ2) is 10.5. The molecule has 0 aromatic carbocycles. The van der Waals surface area contributed by atoms with Crippen molar-refractivity contribution in [3.8, 4) is 0 Å². The Morgan fingerprint density at radius 3 is 2.62 bits per heavy atom. The Bertz CT molecular complexity index is 967. The highest BCUT2D eigenvalue weighted by Crippen LogP contribution is 2.67. The molecule has 1 aromatic heterocycles. The molecule has 4 nitrogen and oxygen atoms in total. The van der Waals surface area contributed by atoms with Gasteiger partial charge in [-0.05, 0) is 104 Å². The highest BCUT2D eigenvalue weighted by molar-refractivity contribution is 5.70. The molecule has 4 aliphatic carbocycles. The maximum absolute atomic E-state index is 12.5. The van der Waals surface area contributed by atoms with Gasteiger partial charge in [0.15, 0.2) is 0 Å². The molecule has 0 unspecified atom stereocenters. The maximum atomic E-state index is 12.5. The van der Waals surface area contributed by atoms with Gasteiger partial charge < -0.3 is 4.74 Å². The van der Waals surface area contributed by atoms with Crippen LogP contribution in [0, 0.1) is 52.3 Å². The molecule has 5 rings (SSSR count). The number of rotatable bonds is 7. The first kappa shape index (κ1) is 27.0. The normalized spacial score (nSPS) is 38.8. The van der Waals surface area contributed by atoms with Crippen molar-refractivity contribution >= 4 is 6.09 Å². The van der Waals surface area contributed by atoms with Crippen molar-refractivity contribution in [3.63, 3.8) is 0 Å². The number of carbonyl (C=O) groups excluding carboxylic acids is 1. The highest BCUT2D eigenvalue weighted by Gasteiger charge is 2.59. The lowest BCUT2D eigenvalue weighted by atomic mass is 9.47. The van der Waals surface area contributed by atoms with Crippen molar-refractivity contribution in [1.29, 1.82) is 0 Å². The minimum Gasteiger partial charge on any atom is -0.445 e. The van der Waals surface area contributed by atoms with E-state index in [9.17, 15) is 4.79 Å². The molecule has 37 heavy (non-hydrogen) atoms. The number of hydrogen-bond donors (Lipinski definition) is 0. The first-order valence-electron chi connectivity index (χ1n) is 15.6. The minimum absolute atomic E-state index is 0.00544. The van der Waals surface area contributed by atoms with Crippen molar-refractivity contribution in [1.82, 2.24) is 9.55 Å². The summed E-state index contributed by atoms with van der Waals surface area (Å²) in [4.78, 5) is 16.5. The number of nitrogens with zero attached hydrogens (tertiary/aromatic N) is 2. The lowest BCUT2D eigenvalue weighted by Crippen LogP contribution is -2.51. The van der Waals surface area contributed by atoms with Crippen LogP contribution < -0.4 is 0 Å². The number of ether oxygens (including phenoxy) is 1. The molecule has 4 aliphatic rings. The number of imidazole rings is 1. The summed E-state index contributed by atoms with van der Waals surface area (Å²) in [5, 5.41) is 0. The fourth-order valence-electron chi connectivity index (χ4n) is 9.96. The van der Waals surface area contributed by atoms with E-state index in [1.54, 1.807) is 18.0 Å². The molecule has 1 aromatic rings. The molecule has 4 heteroatoms. The van der Waals surface area contributed by atoms with Gasteiger partial charge in [0, 0.05) is 18.8 Å². The van der Waals surface area contributed by atoms with Gasteiger partial charge in [-0.25, -0.2) is 14.3 Å². The summed E-state index contributed by atoms with van der Waals surface area (Å²) in [6, 6.07) is 0. The van der Waals surface area contributed by atoms with E-state index in [2.05, 4.69) is 52.6 Å². The second-order valence-electron chi connectivity index (χ2n) is 14.2. The van der Waals surface area contributed by atoms with Gasteiger partial charge in [-0.2, -0.15) is 0 Å². The van der Waals surface area contributed by atoms with E-state index in [-0.39, 0.29) is 17.6 Å². The lowest BCUT2D eigenvalue weighted by Gasteiger charge is -2.58. The standard InChI is InChI=1S/C33H52N2O2/c1-7-24(22(2)3)9-8-23(4)28-12-13-29-27-11-10-25-20-26(37-31(36)35-19-18-34-21-35)14-16-32(25,5)30(27)15-17-33(28,29)6/h10,18-19,21-24,26-30H,7-9,11-17,20H2,1-6H3/t23-,24-,26+,27+,28-,29+,30+,32+,33-/m1/s1. The second-order valence-corrected chi connectivity index (χ2v) is 14.2. The average Bonchev–Trinajstić information content (AvgIpc) is 3.52. The quantitative estimate of drug-likeness (QED) is 0.345. The molecule has 0 amide bonds. The van der Waals surface area contributed by atoms with Crippen LogP contribution in [0.15, 0.2) is 30.4 Å². The van der Waals surface area contributed by atoms with Crippen LogP contribution in [0.2, 0.25) is 0 Å². The van der Waals surface area contributed by atoms with E-state index in [1.807, 2.05) is 0 Å². The zero-order valence-electron chi connectivity index (χ0n) is 24.4. The van der Waals surface area contributed by atoms with Gasteiger partial charge in [0.05, 0.1) is 0 Å². The Hall–Kier alpha value is -1.58. The molecule has 3 saturated carbocycles. The van der Waals surface area contributed by atoms with Gasteiger partial charge >= 0.3 is 6.09 Å². The van der Waals surface area contributed by atoms with E-state index < -0.39 is 0 Å². The highest BCUT2D eigenvalue weighted by atomic mass is 16.6. The van der Waals surface area contributed by atoms with Crippen LogP contribution in [0.1, 0.15) is 112 Å². The number of fused-ring (bicyclic) bond motifs is 5. The van der Waals surface area contributed by atoms with Crippen LogP contribution in [0.4, 0.5) is 4.79 Å². The summed E-state index contributed by atoms with van der Waals surface area (Å²) < 4.78 is 7.35. The molecular weight excluding hydrogens is 456 g/mol. The minimum atomic E-state index is -0.293. The van der Waals surface area contributed by atoms with Gasteiger partial charge in [-0.15, -0.1) is 0 Å². The Morgan fingerprint density at radius 1 is 1.11 bits per heavy atom. The zero-order valence-corrected chi connectivity index (χ0v) is 24.4. The Morgan fingerprint density at radius 2 is 1.92 bits per heavy atom. The Balaban J connectivity index is 1.25. The van der Waals surface area contributed by atoms with Crippen LogP contribution in [0.25, 0.3) is 0 Å². The van der Waals surface area contributed by atoms with Crippen LogP contribution in [0.5, 0.6) is 0 Å². The summed E-state index contributed by atoms with van der Waals surface area (Å²) in [6.07, 6.45) is 21.2. The first-order valence-corrected chi connectivity index (χ1v) is 15.6. The van der Waals surface area contributed by atoms with Gasteiger partial charge in [0.2, 0.25) is 0 Å². The van der Waals surface area contributed by atoms with E-state index in [0.29, 0.717) is 5.41 Å². The largest absolute Gasteiger partial charge is 0.445 e. The van der Waals surface area contributed by atoms with Gasteiger partial charge in [-0.3, -0.25) is 0 Å². The number of hydrogen-bond acceptors (Lipinski definition) is 3. The molecule has 0 bridgehead atoms. The molecule has 0 N–H and O–H groups in total. The molecule has 1 heterocycles. The maximum Gasteiger partial charge on any atom is 0.419 e. The predicted octanol–water partition coefficient (Wildman–Crippen LogP) is 8.91. The monoisotopic (exact) mass is 508 g/mol. The number of carbonyl (C=O) groups is 1. The molecule has 9 atom stereocenters. The van der Waals surface area contributed by atoms with E-state index in [0.717, 1.165) is 60.7 Å². The third kappa shape index (κ3) is 4.84. The topological polar surface area (TPSA) is 44.1 Å². The molecule has 3 fully saturated rings. The van der Waals surface area contributed by atoms with Crippen LogP contribution in [-0.4, -0.2) is 21.7 Å². The van der Waals surface area contributed by atoms with Crippen molar-refractivity contribution in [2.45, 2.75) is 118 Å². The third-order valence-electron chi connectivity index (χ3n) is 12.3. The molecule has 0 aliphatic heterocycles. The van der Waals surface area contributed by atoms with Crippen molar-refractivity contribution in [3.05, 3.63) is 30.4 Å². The zero-order chi connectivity index (χ0) is 26.4. The van der Waals surface area contributed by atoms with Gasteiger partial charge in [-0.1, -0.05) is 66.0 Å². The van der Waals surface area contributed by atoms with E-state index >= 15 is 0 Å². The van der Waals surface area contributed by atoms with E-state index in [1.165, 1.54) is 62.3 Å². The first-order chi connectivity index (χ1) is 17.7.